The lowest BCUT2D eigenvalue weighted by molar-refractivity contribution is 0.661. The Labute approximate surface area is 167 Å². The highest BCUT2D eigenvalue weighted by molar-refractivity contribution is 7.80. The second kappa shape index (κ2) is 9.89. The summed E-state index contributed by atoms with van der Waals surface area (Å²) in [5.41, 5.74) is 3.90. The van der Waals surface area contributed by atoms with Crippen LogP contribution in [0.1, 0.15) is 42.0 Å². The van der Waals surface area contributed by atoms with Crippen molar-refractivity contribution in [2.75, 3.05) is 6.54 Å². The summed E-state index contributed by atoms with van der Waals surface area (Å²) >= 11 is 5.49. The highest BCUT2D eigenvalue weighted by atomic mass is 32.1. The van der Waals surface area contributed by atoms with E-state index in [9.17, 15) is 0 Å². The van der Waals surface area contributed by atoms with Crippen LogP contribution in [-0.2, 0) is 0 Å². The maximum absolute atomic E-state index is 5.49. The number of thiocarbonyl (C=S) groups is 1. The van der Waals surface area contributed by atoms with Gasteiger partial charge in [-0.3, -0.25) is 0 Å². The molecule has 3 heteroatoms. The van der Waals surface area contributed by atoms with Crippen molar-refractivity contribution in [3.63, 3.8) is 0 Å². The molecule has 0 aromatic heterocycles. The minimum Gasteiger partial charge on any atom is -0.363 e. The highest BCUT2D eigenvalue weighted by Gasteiger charge is 2.14. The molecule has 138 valence electrons. The molecule has 2 nitrogen and oxygen atoms in total. The van der Waals surface area contributed by atoms with Gasteiger partial charge < -0.3 is 10.6 Å². The fourth-order valence-electron chi connectivity index (χ4n) is 3.30. The first-order chi connectivity index (χ1) is 13.2. The molecule has 0 amide bonds. The lowest BCUT2D eigenvalue weighted by Gasteiger charge is -2.21. The summed E-state index contributed by atoms with van der Waals surface area (Å²) in [6.07, 6.45) is 0.982. The molecule has 0 aliphatic rings. The molecule has 1 unspecified atom stereocenters. The van der Waals surface area contributed by atoms with Gasteiger partial charge in [0.25, 0.3) is 0 Å². The second-order valence-corrected chi connectivity index (χ2v) is 7.10. The molecule has 3 aromatic carbocycles. The number of rotatable bonds is 7. The molecule has 0 saturated carbocycles. The Hall–Kier alpha value is -2.65. The molecule has 0 heterocycles. The van der Waals surface area contributed by atoms with Crippen molar-refractivity contribution >= 4 is 17.3 Å². The Balaban J connectivity index is 1.57. The van der Waals surface area contributed by atoms with Crippen LogP contribution in [0.3, 0.4) is 0 Å². The van der Waals surface area contributed by atoms with Crippen LogP contribution in [0.2, 0.25) is 0 Å². The molecule has 0 aliphatic carbocycles. The van der Waals surface area contributed by atoms with Crippen molar-refractivity contribution in [1.82, 2.24) is 10.6 Å². The summed E-state index contributed by atoms with van der Waals surface area (Å²) in [5.74, 6) is 0.356. The first-order valence-electron chi connectivity index (χ1n) is 9.43. The van der Waals surface area contributed by atoms with E-state index in [2.05, 4.69) is 90.4 Å². The molecule has 0 saturated heterocycles. The van der Waals surface area contributed by atoms with Crippen LogP contribution in [0.25, 0.3) is 0 Å². The van der Waals surface area contributed by atoms with Gasteiger partial charge in [-0.2, -0.15) is 0 Å². The van der Waals surface area contributed by atoms with Gasteiger partial charge in [0.2, 0.25) is 0 Å². The van der Waals surface area contributed by atoms with E-state index in [0.717, 1.165) is 13.0 Å². The summed E-state index contributed by atoms with van der Waals surface area (Å²) < 4.78 is 0. The predicted molar refractivity (Wildman–Crippen MR) is 118 cm³/mol. The van der Waals surface area contributed by atoms with Gasteiger partial charge in [0, 0.05) is 12.5 Å². The standard InChI is InChI=1S/C24H26N2S/c1-19(20-11-5-2-6-12-20)26-24(27)25-18-17-23(21-13-7-3-8-14-21)22-15-9-4-10-16-22/h2-16,19,23H,17-18H2,1H3,(H2,25,26,27). The van der Waals surface area contributed by atoms with Crippen LogP contribution >= 0.6 is 12.2 Å². The Morgan fingerprint density at radius 2 is 1.19 bits per heavy atom. The zero-order chi connectivity index (χ0) is 18.9. The molecule has 3 rings (SSSR count). The van der Waals surface area contributed by atoms with E-state index < -0.39 is 0 Å². The average molecular weight is 375 g/mol. The normalized spacial score (nSPS) is 11.8. The van der Waals surface area contributed by atoms with Gasteiger partial charge in [0.15, 0.2) is 5.11 Å². The van der Waals surface area contributed by atoms with E-state index in [-0.39, 0.29) is 6.04 Å². The molecule has 0 radical (unpaired) electrons. The monoisotopic (exact) mass is 374 g/mol. The Morgan fingerprint density at radius 3 is 1.67 bits per heavy atom. The number of nitrogens with one attached hydrogen (secondary N) is 2. The number of hydrogen-bond acceptors (Lipinski definition) is 1. The van der Waals surface area contributed by atoms with Crippen LogP contribution in [0.15, 0.2) is 91.0 Å². The smallest absolute Gasteiger partial charge is 0.166 e. The third kappa shape index (κ3) is 5.66. The largest absolute Gasteiger partial charge is 0.363 e. The summed E-state index contributed by atoms with van der Waals surface area (Å²) in [6.45, 7) is 2.95. The maximum Gasteiger partial charge on any atom is 0.166 e. The molecule has 2 N–H and O–H groups in total. The molecule has 0 spiro atoms. The maximum atomic E-state index is 5.49. The Morgan fingerprint density at radius 1 is 0.741 bits per heavy atom. The molecular weight excluding hydrogens is 348 g/mol. The average Bonchev–Trinajstić information content (AvgIpc) is 2.73. The van der Waals surface area contributed by atoms with Gasteiger partial charge in [-0.15, -0.1) is 0 Å². The van der Waals surface area contributed by atoms with Gasteiger partial charge in [-0.25, -0.2) is 0 Å². The molecule has 0 bridgehead atoms. The van der Waals surface area contributed by atoms with Gasteiger partial charge in [-0.05, 0) is 42.3 Å². The van der Waals surface area contributed by atoms with Crippen molar-refractivity contribution < 1.29 is 0 Å². The molecule has 1 atom stereocenters. The minimum atomic E-state index is 0.185. The van der Waals surface area contributed by atoms with Crippen LogP contribution < -0.4 is 10.6 Å². The van der Waals surface area contributed by atoms with Crippen LogP contribution in [0.4, 0.5) is 0 Å². The predicted octanol–water partition coefficient (Wildman–Crippen LogP) is 5.43. The third-order valence-electron chi connectivity index (χ3n) is 4.77. The van der Waals surface area contributed by atoms with Crippen molar-refractivity contribution in [3.8, 4) is 0 Å². The summed E-state index contributed by atoms with van der Waals surface area (Å²) in [6, 6.07) is 31.9. The van der Waals surface area contributed by atoms with Crippen molar-refractivity contribution in [2.45, 2.75) is 25.3 Å². The topological polar surface area (TPSA) is 24.1 Å². The van der Waals surface area contributed by atoms with Crippen LogP contribution in [0, 0.1) is 0 Å². The van der Waals surface area contributed by atoms with E-state index in [0.29, 0.717) is 11.0 Å². The SMILES string of the molecule is CC(NC(=S)NCCC(c1ccccc1)c1ccccc1)c1ccccc1. The third-order valence-corrected chi connectivity index (χ3v) is 5.03. The van der Waals surface area contributed by atoms with E-state index in [1.807, 2.05) is 18.2 Å². The number of benzene rings is 3. The summed E-state index contributed by atoms with van der Waals surface area (Å²) in [4.78, 5) is 0. The summed E-state index contributed by atoms with van der Waals surface area (Å²) in [7, 11) is 0. The molecule has 0 fully saturated rings. The van der Waals surface area contributed by atoms with Crippen molar-refractivity contribution in [1.29, 1.82) is 0 Å². The number of hydrogen-bond donors (Lipinski definition) is 2. The Bertz CT molecular complexity index is 779. The van der Waals surface area contributed by atoms with Gasteiger partial charge in [0.1, 0.15) is 0 Å². The van der Waals surface area contributed by atoms with Crippen LogP contribution in [-0.4, -0.2) is 11.7 Å². The molecular formula is C24H26N2S. The van der Waals surface area contributed by atoms with E-state index in [1.165, 1.54) is 16.7 Å². The first kappa shape index (κ1) is 19.1. The Kier molecular flexibility index (Phi) is 7.00. The molecule has 3 aromatic rings. The van der Waals surface area contributed by atoms with Gasteiger partial charge in [0.05, 0.1) is 6.04 Å². The quantitative estimate of drug-likeness (QED) is 0.539. The zero-order valence-electron chi connectivity index (χ0n) is 15.6. The fourth-order valence-corrected chi connectivity index (χ4v) is 3.58. The van der Waals surface area contributed by atoms with Crippen molar-refractivity contribution in [2.24, 2.45) is 0 Å². The fraction of sp³-hybridized carbons (Fsp3) is 0.208. The van der Waals surface area contributed by atoms with Gasteiger partial charge in [-0.1, -0.05) is 91.0 Å². The van der Waals surface area contributed by atoms with Gasteiger partial charge >= 0.3 is 0 Å². The zero-order valence-corrected chi connectivity index (χ0v) is 16.5. The van der Waals surface area contributed by atoms with E-state index in [4.69, 9.17) is 12.2 Å². The van der Waals surface area contributed by atoms with Crippen molar-refractivity contribution in [3.05, 3.63) is 108 Å². The first-order valence-corrected chi connectivity index (χ1v) is 9.84. The lowest BCUT2D eigenvalue weighted by atomic mass is 9.88. The highest BCUT2D eigenvalue weighted by Crippen LogP contribution is 2.27. The van der Waals surface area contributed by atoms with E-state index in [1.54, 1.807) is 0 Å². The summed E-state index contributed by atoms with van der Waals surface area (Å²) in [5, 5.41) is 7.44. The van der Waals surface area contributed by atoms with E-state index >= 15 is 0 Å². The van der Waals surface area contributed by atoms with Crippen LogP contribution in [0.5, 0.6) is 0 Å². The molecule has 27 heavy (non-hydrogen) atoms. The molecule has 0 aliphatic heterocycles. The second-order valence-electron chi connectivity index (χ2n) is 6.70. The minimum absolute atomic E-state index is 0.185. The lowest BCUT2D eigenvalue weighted by Crippen LogP contribution is -2.37.